The van der Waals surface area contributed by atoms with Gasteiger partial charge in [0.2, 0.25) is 0 Å². The van der Waals surface area contributed by atoms with Gasteiger partial charge in [-0.2, -0.15) is 0 Å². The number of ether oxygens (including phenoxy) is 2. The highest BCUT2D eigenvalue weighted by Crippen LogP contribution is 2.41. The number of hydrogen-bond acceptors (Lipinski definition) is 2. The summed E-state index contributed by atoms with van der Waals surface area (Å²) in [5.41, 5.74) is 3.72. The average Bonchev–Trinajstić information content (AvgIpc) is 2.74. The van der Waals surface area contributed by atoms with Crippen LogP contribution < -0.4 is 4.74 Å². The van der Waals surface area contributed by atoms with Crippen molar-refractivity contribution in [2.24, 2.45) is 5.92 Å². The van der Waals surface area contributed by atoms with Gasteiger partial charge in [-0.1, -0.05) is 28.1 Å². The van der Waals surface area contributed by atoms with E-state index in [1.807, 2.05) is 0 Å². The van der Waals surface area contributed by atoms with Crippen LogP contribution in [-0.2, 0) is 4.74 Å². The van der Waals surface area contributed by atoms with E-state index >= 15 is 0 Å². The fraction of sp³-hybridized carbons (Fsp3) is 0.600. The van der Waals surface area contributed by atoms with Crippen molar-refractivity contribution in [2.45, 2.75) is 38.1 Å². The fourth-order valence-electron chi connectivity index (χ4n) is 2.84. The minimum absolute atomic E-state index is 0.331. The van der Waals surface area contributed by atoms with Gasteiger partial charge in [0.1, 0.15) is 5.75 Å². The first-order chi connectivity index (χ1) is 8.54. The van der Waals surface area contributed by atoms with Gasteiger partial charge in [-0.3, -0.25) is 0 Å². The SMILES string of the molecule is COc1c(C)cc(C(Br)C2CCOC2C)cc1C. The molecule has 1 aliphatic rings. The lowest BCUT2D eigenvalue weighted by Gasteiger charge is -2.22. The van der Waals surface area contributed by atoms with Gasteiger partial charge in [-0.25, -0.2) is 0 Å². The van der Waals surface area contributed by atoms with Crippen LogP contribution in [0.15, 0.2) is 12.1 Å². The zero-order valence-electron chi connectivity index (χ0n) is 11.5. The number of benzene rings is 1. The quantitative estimate of drug-likeness (QED) is 0.780. The van der Waals surface area contributed by atoms with Crippen LogP contribution in [0.4, 0.5) is 0 Å². The van der Waals surface area contributed by atoms with E-state index in [1.165, 1.54) is 16.7 Å². The van der Waals surface area contributed by atoms with Gasteiger partial charge in [-0.15, -0.1) is 0 Å². The van der Waals surface area contributed by atoms with Crippen LogP contribution in [0.2, 0.25) is 0 Å². The molecule has 0 bridgehead atoms. The molecule has 3 heteroatoms. The molecule has 0 N–H and O–H groups in total. The monoisotopic (exact) mass is 312 g/mol. The summed E-state index contributed by atoms with van der Waals surface area (Å²) in [6.07, 6.45) is 1.46. The maximum Gasteiger partial charge on any atom is 0.124 e. The molecule has 1 saturated heterocycles. The van der Waals surface area contributed by atoms with E-state index in [-0.39, 0.29) is 0 Å². The Bertz CT molecular complexity index is 407. The maximum absolute atomic E-state index is 5.66. The second-order valence-corrected chi connectivity index (χ2v) is 6.10. The van der Waals surface area contributed by atoms with Crippen molar-refractivity contribution in [3.8, 4) is 5.75 Å². The molecule has 1 aliphatic heterocycles. The van der Waals surface area contributed by atoms with E-state index in [0.717, 1.165) is 18.8 Å². The molecule has 3 atom stereocenters. The Morgan fingerprint density at radius 2 is 1.94 bits per heavy atom. The standard InChI is InChI=1S/C15H21BrO2/c1-9-7-12(8-10(2)15(9)17-4)14(16)13-5-6-18-11(13)3/h7-8,11,13-14H,5-6H2,1-4H3. The van der Waals surface area contributed by atoms with Crippen molar-refractivity contribution in [2.75, 3.05) is 13.7 Å². The highest BCUT2D eigenvalue weighted by atomic mass is 79.9. The summed E-state index contributed by atoms with van der Waals surface area (Å²) in [4.78, 5) is 0.360. The molecular weight excluding hydrogens is 292 g/mol. The number of alkyl halides is 1. The first kappa shape index (κ1) is 13.9. The van der Waals surface area contributed by atoms with Gasteiger partial charge in [0.25, 0.3) is 0 Å². The Labute approximate surface area is 118 Å². The third kappa shape index (κ3) is 2.57. The molecule has 1 aromatic carbocycles. The highest BCUT2D eigenvalue weighted by Gasteiger charge is 2.31. The summed E-state index contributed by atoms with van der Waals surface area (Å²) in [7, 11) is 1.73. The summed E-state index contributed by atoms with van der Waals surface area (Å²) >= 11 is 3.85. The van der Waals surface area contributed by atoms with E-state index in [1.54, 1.807) is 7.11 Å². The lowest BCUT2D eigenvalue weighted by atomic mass is 9.92. The second-order valence-electron chi connectivity index (χ2n) is 5.12. The molecule has 100 valence electrons. The van der Waals surface area contributed by atoms with E-state index in [0.29, 0.717) is 16.8 Å². The number of halogens is 1. The van der Waals surface area contributed by atoms with Crippen molar-refractivity contribution in [3.63, 3.8) is 0 Å². The van der Waals surface area contributed by atoms with Crippen LogP contribution in [0, 0.1) is 19.8 Å². The van der Waals surface area contributed by atoms with Crippen LogP contribution in [-0.4, -0.2) is 19.8 Å². The fourth-order valence-corrected chi connectivity index (χ4v) is 3.80. The van der Waals surface area contributed by atoms with Crippen LogP contribution in [0.3, 0.4) is 0 Å². The topological polar surface area (TPSA) is 18.5 Å². The minimum atomic E-state index is 0.331. The lowest BCUT2D eigenvalue weighted by molar-refractivity contribution is 0.105. The molecule has 18 heavy (non-hydrogen) atoms. The number of methoxy groups -OCH3 is 1. The number of rotatable bonds is 3. The second kappa shape index (κ2) is 5.62. The van der Waals surface area contributed by atoms with Crippen LogP contribution in [0.5, 0.6) is 5.75 Å². The summed E-state index contributed by atoms with van der Waals surface area (Å²) in [6, 6.07) is 4.44. The smallest absolute Gasteiger partial charge is 0.124 e. The summed E-state index contributed by atoms with van der Waals surface area (Å²) < 4.78 is 11.1. The minimum Gasteiger partial charge on any atom is -0.496 e. The van der Waals surface area contributed by atoms with Crippen LogP contribution >= 0.6 is 15.9 Å². The molecule has 0 spiro atoms. The molecule has 2 rings (SSSR count). The average molecular weight is 313 g/mol. The lowest BCUT2D eigenvalue weighted by Crippen LogP contribution is -2.16. The first-order valence-corrected chi connectivity index (χ1v) is 7.37. The van der Waals surface area contributed by atoms with E-state index in [2.05, 4.69) is 48.8 Å². The summed E-state index contributed by atoms with van der Waals surface area (Å²) in [6.45, 7) is 7.24. The Morgan fingerprint density at radius 3 is 2.39 bits per heavy atom. The van der Waals surface area contributed by atoms with Crippen LogP contribution in [0.25, 0.3) is 0 Å². The predicted molar refractivity (Wildman–Crippen MR) is 77.7 cm³/mol. The van der Waals surface area contributed by atoms with Gasteiger partial charge in [-0.05, 0) is 43.9 Å². The molecular formula is C15H21BrO2. The molecule has 1 fully saturated rings. The van der Waals surface area contributed by atoms with E-state index in [9.17, 15) is 0 Å². The molecule has 1 aromatic rings. The van der Waals surface area contributed by atoms with Gasteiger partial charge < -0.3 is 9.47 Å². The van der Waals surface area contributed by atoms with Gasteiger partial charge in [0.15, 0.2) is 0 Å². The molecule has 0 aromatic heterocycles. The first-order valence-electron chi connectivity index (χ1n) is 6.45. The van der Waals surface area contributed by atoms with E-state index < -0.39 is 0 Å². The van der Waals surface area contributed by atoms with Gasteiger partial charge >= 0.3 is 0 Å². The molecule has 0 radical (unpaired) electrons. The molecule has 3 unspecified atom stereocenters. The normalized spacial score (nSPS) is 25.2. The molecule has 0 saturated carbocycles. The summed E-state index contributed by atoms with van der Waals surface area (Å²) in [5.74, 6) is 1.55. The van der Waals surface area contributed by atoms with Crippen molar-refractivity contribution < 1.29 is 9.47 Å². The van der Waals surface area contributed by atoms with Crippen molar-refractivity contribution in [1.82, 2.24) is 0 Å². The third-order valence-electron chi connectivity index (χ3n) is 3.82. The zero-order chi connectivity index (χ0) is 13.3. The van der Waals surface area contributed by atoms with Crippen molar-refractivity contribution >= 4 is 15.9 Å². The van der Waals surface area contributed by atoms with Crippen LogP contribution in [0.1, 0.15) is 34.9 Å². The highest BCUT2D eigenvalue weighted by molar-refractivity contribution is 9.09. The predicted octanol–water partition coefficient (Wildman–Crippen LogP) is 4.17. The Hall–Kier alpha value is -0.540. The third-order valence-corrected chi connectivity index (χ3v) is 5.02. The Kier molecular flexibility index (Phi) is 4.33. The molecule has 0 aliphatic carbocycles. The number of hydrogen-bond donors (Lipinski definition) is 0. The maximum atomic E-state index is 5.66. The summed E-state index contributed by atoms with van der Waals surface area (Å²) in [5, 5.41) is 0. The van der Waals surface area contributed by atoms with Crippen molar-refractivity contribution in [3.05, 3.63) is 28.8 Å². The Morgan fingerprint density at radius 1 is 1.33 bits per heavy atom. The van der Waals surface area contributed by atoms with Crippen molar-refractivity contribution in [1.29, 1.82) is 0 Å². The Balaban J connectivity index is 2.28. The largest absolute Gasteiger partial charge is 0.496 e. The van der Waals surface area contributed by atoms with E-state index in [4.69, 9.17) is 9.47 Å². The molecule has 2 nitrogen and oxygen atoms in total. The van der Waals surface area contributed by atoms with Gasteiger partial charge in [0.05, 0.1) is 13.2 Å². The molecule has 0 amide bonds. The van der Waals surface area contributed by atoms with Gasteiger partial charge in [0, 0.05) is 17.4 Å². The zero-order valence-corrected chi connectivity index (χ0v) is 13.1. The molecule has 1 heterocycles. The number of aryl methyl sites for hydroxylation is 2.